The number of urea groups is 1. The molecular formula is C19H26FN5O3S. The molecule has 0 unspecified atom stereocenters. The Kier molecular flexibility index (Phi) is 7.66. The standard InChI is InChI=1S/C19H26FN5O3S/c1-14-5-7-16(12-21-14)22-19(26)23-18-11-15(6-8-17(18)20)13-24(2)9-10-25(3)29(4,27)28/h5-8,11-12H,9-10,13H2,1-4H3,(H2,22,23,26). The highest BCUT2D eigenvalue weighted by Gasteiger charge is 2.13. The van der Waals surface area contributed by atoms with E-state index in [9.17, 15) is 17.6 Å². The monoisotopic (exact) mass is 423 g/mol. The van der Waals surface area contributed by atoms with Crippen LogP contribution in [0.2, 0.25) is 0 Å². The van der Waals surface area contributed by atoms with E-state index in [4.69, 9.17) is 0 Å². The van der Waals surface area contributed by atoms with Gasteiger partial charge in [0.1, 0.15) is 5.82 Å². The fourth-order valence-corrected chi connectivity index (χ4v) is 2.87. The first-order chi connectivity index (χ1) is 13.5. The Bertz CT molecular complexity index is 951. The number of aryl methyl sites for hydroxylation is 1. The molecule has 0 aliphatic rings. The lowest BCUT2D eigenvalue weighted by Crippen LogP contribution is -2.33. The van der Waals surface area contributed by atoms with E-state index < -0.39 is 21.9 Å². The van der Waals surface area contributed by atoms with Gasteiger partial charge in [-0.15, -0.1) is 0 Å². The molecule has 1 aromatic heterocycles. The number of pyridine rings is 1. The van der Waals surface area contributed by atoms with Gasteiger partial charge in [-0.1, -0.05) is 6.07 Å². The smallest absolute Gasteiger partial charge is 0.306 e. The summed E-state index contributed by atoms with van der Waals surface area (Å²) in [4.78, 5) is 18.1. The van der Waals surface area contributed by atoms with Crippen LogP contribution in [0.15, 0.2) is 36.5 Å². The van der Waals surface area contributed by atoms with Crippen molar-refractivity contribution in [1.29, 1.82) is 0 Å². The SMILES string of the molecule is Cc1ccc(NC(=O)Nc2cc(CN(C)CCN(C)S(C)(=O)=O)ccc2F)cn1. The van der Waals surface area contributed by atoms with Crippen LogP contribution >= 0.6 is 0 Å². The van der Waals surface area contributed by atoms with Crippen LogP contribution in [0.25, 0.3) is 0 Å². The molecule has 0 spiro atoms. The molecule has 2 aromatic rings. The van der Waals surface area contributed by atoms with Crippen molar-refractivity contribution in [3.05, 3.63) is 53.6 Å². The van der Waals surface area contributed by atoms with Gasteiger partial charge < -0.3 is 15.5 Å². The van der Waals surface area contributed by atoms with Crippen molar-refractivity contribution in [2.24, 2.45) is 0 Å². The van der Waals surface area contributed by atoms with Crippen LogP contribution in [-0.2, 0) is 16.6 Å². The third-order valence-electron chi connectivity index (χ3n) is 4.26. The zero-order valence-corrected chi connectivity index (χ0v) is 17.8. The maximum atomic E-state index is 14.1. The predicted octanol–water partition coefficient (Wildman–Crippen LogP) is 2.50. The van der Waals surface area contributed by atoms with Gasteiger partial charge in [-0.05, 0) is 43.8 Å². The molecule has 0 saturated heterocycles. The average Bonchev–Trinajstić information content (AvgIpc) is 2.63. The first-order valence-corrected chi connectivity index (χ1v) is 10.8. The van der Waals surface area contributed by atoms with Crippen molar-refractivity contribution in [2.75, 3.05) is 44.1 Å². The molecule has 0 aliphatic heterocycles. The second-order valence-electron chi connectivity index (χ2n) is 6.90. The van der Waals surface area contributed by atoms with Gasteiger partial charge in [0.05, 0.1) is 23.8 Å². The summed E-state index contributed by atoms with van der Waals surface area (Å²) in [6.45, 7) is 3.15. The molecule has 2 N–H and O–H groups in total. The molecule has 0 saturated carbocycles. The summed E-state index contributed by atoms with van der Waals surface area (Å²) in [5.41, 5.74) is 2.16. The number of hydrogen-bond acceptors (Lipinski definition) is 5. The van der Waals surface area contributed by atoms with E-state index in [1.165, 1.54) is 23.6 Å². The number of carbonyl (C=O) groups excluding carboxylic acids is 1. The van der Waals surface area contributed by atoms with Crippen LogP contribution in [-0.4, -0.2) is 62.1 Å². The van der Waals surface area contributed by atoms with E-state index >= 15 is 0 Å². The first-order valence-electron chi connectivity index (χ1n) is 8.93. The van der Waals surface area contributed by atoms with Crippen LogP contribution in [0.3, 0.4) is 0 Å². The molecule has 8 nitrogen and oxygen atoms in total. The van der Waals surface area contributed by atoms with Gasteiger partial charge in [0.25, 0.3) is 0 Å². The van der Waals surface area contributed by atoms with Crippen molar-refractivity contribution in [3.8, 4) is 0 Å². The van der Waals surface area contributed by atoms with Crippen molar-refractivity contribution in [3.63, 3.8) is 0 Å². The second kappa shape index (κ2) is 9.77. The van der Waals surface area contributed by atoms with Gasteiger partial charge in [-0.3, -0.25) is 4.98 Å². The number of anilines is 2. The van der Waals surface area contributed by atoms with E-state index in [0.717, 1.165) is 17.5 Å². The van der Waals surface area contributed by atoms with E-state index in [0.29, 0.717) is 25.3 Å². The minimum absolute atomic E-state index is 0.0572. The Labute approximate surface area is 170 Å². The molecule has 1 aromatic carbocycles. The topological polar surface area (TPSA) is 94.6 Å². The zero-order valence-electron chi connectivity index (χ0n) is 16.9. The number of carbonyl (C=O) groups is 1. The molecule has 0 atom stereocenters. The Hall–Kier alpha value is -2.56. The number of likely N-dealkylation sites (N-methyl/N-ethyl adjacent to an activating group) is 2. The molecule has 158 valence electrons. The second-order valence-corrected chi connectivity index (χ2v) is 8.99. The largest absolute Gasteiger partial charge is 0.323 e. The number of benzene rings is 1. The van der Waals surface area contributed by atoms with E-state index in [-0.39, 0.29) is 5.69 Å². The molecule has 29 heavy (non-hydrogen) atoms. The summed E-state index contributed by atoms with van der Waals surface area (Å²) in [5.74, 6) is -0.551. The molecule has 0 bridgehead atoms. The Morgan fingerprint density at radius 1 is 1.14 bits per heavy atom. The van der Waals surface area contributed by atoms with Crippen LogP contribution < -0.4 is 10.6 Å². The number of nitrogens with one attached hydrogen (secondary N) is 2. The van der Waals surface area contributed by atoms with Gasteiger partial charge in [0, 0.05) is 32.4 Å². The Morgan fingerprint density at radius 2 is 1.86 bits per heavy atom. The molecule has 2 rings (SSSR count). The van der Waals surface area contributed by atoms with Gasteiger partial charge in [0.15, 0.2) is 0 Å². The van der Waals surface area contributed by atoms with Crippen LogP contribution in [0.4, 0.5) is 20.6 Å². The third kappa shape index (κ3) is 7.41. The number of aromatic nitrogens is 1. The quantitative estimate of drug-likeness (QED) is 0.680. The van der Waals surface area contributed by atoms with Crippen molar-refractivity contribution in [2.45, 2.75) is 13.5 Å². The third-order valence-corrected chi connectivity index (χ3v) is 5.58. The van der Waals surface area contributed by atoms with Gasteiger partial charge in [0.2, 0.25) is 10.0 Å². The molecule has 0 fully saturated rings. The molecule has 0 aliphatic carbocycles. The molecule has 10 heteroatoms. The Balaban J connectivity index is 1.96. The summed E-state index contributed by atoms with van der Waals surface area (Å²) in [5, 5.41) is 5.10. The molecular weight excluding hydrogens is 397 g/mol. The maximum absolute atomic E-state index is 14.1. The highest BCUT2D eigenvalue weighted by atomic mass is 32.2. The first kappa shape index (κ1) is 22.7. The van der Waals surface area contributed by atoms with Crippen molar-refractivity contribution in [1.82, 2.24) is 14.2 Å². The number of halogens is 1. The normalized spacial score (nSPS) is 11.7. The number of nitrogens with zero attached hydrogens (tertiary/aromatic N) is 3. The maximum Gasteiger partial charge on any atom is 0.323 e. The minimum Gasteiger partial charge on any atom is -0.306 e. The number of hydrogen-bond donors (Lipinski definition) is 2. The highest BCUT2D eigenvalue weighted by Crippen LogP contribution is 2.18. The highest BCUT2D eigenvalue weighted by molar-refractivity contribution is 7.88. The fraction of sp³-hybridized carbons (Fsp3) is 0.368. The molecule has 2 amide bonds. The zero-order chi connectivity index (χ0) is 21.6. The van der Waals surface area contributed by atoms with Crippen LogP contribution in [0, 0.1) is 12.7 Å². The summed E-state index contributed by atoms with van der Waals surface area (Å²) < 4.78 is 38.3. The van der Waals surface area contributed by atoms with Crippen molar-refractivity contribution < 1.29 is 17.6 Å². The fourth-order valence-electron chi connectivity index (χ4n) is 2.46. The van der Waals surface area contributed by atoms with Crippen molar-refractivity contribution >= 4 is 27.4 Å². The summed E-state index contributed by atoms with van der Waals surface area (Å²) in [7, 11) is 0.129. The lowest BCUT2D eigenvalue weighted by Gasteiger charge is -2.21. The lowest BCUT2D eigenvalue weighted by molar-refractivity contribution is 0.262. The van der Waals surface area contributed by atoms with Gasteiger partial charge in [-0.25, -0.2) is 21.9 Å². The molecule has 1 heterocycles. The number of amides is 2. The van der Waals surface area contributed by atoms with Gasteiger partial charge >= 0.3 is 6.03 Å². The van der Waals surface area contributed by atoms with Crippen LogP contribution in [0.5, 0.6) is 0 Å². The summed E-state index contributed by atoms with van der Waals surface area (Å²) in [6.07, 6.45) is 2.67. The average molecular weight is 424 g/mol. The summed E-state index contributed by atoms with van der Waals surface area (Å²) in [6, 6.07) is 7.35. The predicted molar refractivity (Wildman–Crippen MR) is 112 cm³/mol. The van der Waals surface area contributed by atoms with E-state index in [2.05, 4.69) is 15.6 Å². The summed E-state index contributed by atoms with van der Waals surface area (Å²) >= 11 is 0. The van der Waals surface area contributed by atoms with Crippen LogP contribution in [0.1, 0.15) is 11.3 Å². The number of sulfonamides is 1. The van der Waals surface area contributed by atoms with E-state index in [1.54, 1.807) is 24.3 Å². The van der Waals surface area contributed by atoms with E-state index in [1.807, 2.05) is 18.9 Å². The Morgan fingerprint density at radius 3 is 2.48 bits per heavy atom. The molecule has 0 radical (unpaired) electrons. The minimum atomic E-state index is -3.23. The lowest BCUT2D eigenvalue weighted by atomic mass is 10.2. The van der Waals surface area contributed by atoms with Gasteiger partial charge in [-0.2, -0.15) is 0 Å². The number of rotatable bonds is 8.